The number of rotatable bonds is 4. The molecular weight excluding hydrogens is 292 g/mol. The van der Waals surface area contributed by atoms with Crippen molar-refractivity contribution in [2.45, 2.75) is 6.61 Å². The Morgan fingerprint density at radius 1 is 1.13 bits per heavy atom. The Kier molecular flexibility index (Phi) is 4.83. The summed E-state index contributed by atoms with van der Waals surface area (Å²) in [7, 11) is 1.65. The monoisotopic (exact) mass is 312 g/mol. The quantitative estimate of drug-likeness (QED) is 0.858. The maximum Gasteiger partial charge on any atom is 0.253 e. The zero-order valence-electron chi connectivity index (χ0n) is 13.2. The van der Waals surface area contributed by atoms with Crippen molar-refractivity contribution in [2.75, 3.05) is 38.2 Å². The molecule has 0 unspecified atom stereocenters. The highest BCUT2D eigenvalue weighted by atomic mass is 16.5. The van der Waals surface area contributed by atoms with E-state index in [1.165, 1.54) is 0 Å². The van der Waals surface area contributed by atoms with Crippen LogP contribution in [0.4, 0.5) is 5.95 Å². The number of benzene rings is 1. The molecule has 3 rings (SSSR count). The van der Waals surface area contributed by atoms with Crippen molar-refractivity contribution in [1.29, 1.82) is 0 Å². The van der Waals surface area contributed by atoms with Crippen LogP contribution in [0.2, 0.25) is 0 Å². The molecule has 1 aromatic carbocycles. The molecule has 1 fully saturated rings. The molecule has 1 aromatic heterocycles. The largest absolute Gasteiger partial charge is 0.380 e. The van der Waals surface area contributed by atoms with Gasteiger partial charge in [-0.3, -0.25) is 4.79 Å². The fourth-order valence-electron chi connectivity index (χ4n) is 2.71. The summed E-state index contributed by atoms with van der Waals surface area (Å²) in [6, 6.07) is 9.42. The average Bonchev–Trinajstić information content (AvgIpc) is 2.62. The molecule has 120 valence electrons. The van der Waals surface area contributed by atoms with Gasteiger partial charge in [0.05, 0.1) is 6.61 Å². The number of piperazine rings is 1. The van der Waals surface area contributed by atoms with E-state index < -0.39 is 0 Å². The third kappa shape index (κ3) is 3.65. The lowest BCUT2D eigenvalue weighted by molar-refractivity contribution is 0.0746. The van der Waals surface area contributed by atoms with Gasteiger partial charge in [0, 0.05) is 51.2 Å². The van der Waals surface area contributed by atoms with Crippen LogP contribution in [-0.2, 0) is 11.3 Å². The summed E-state index contributed by atoms with van der Waals surface area (Å²) in [5, 5.41) is 0. The van der Waals surface area contributed by atoms with Crippen molar-refractivity contribution in [3.63, 3.8) is 0 Å². The maximum atomic E-state index is 12.6. The number of aromatic nitrogens is 2. The van der Waals surface area contributed by atoms with Gasteiger partial charge >= 0.3 is 0 Å². The maximum absolute atomic E-state index is 12.6. The van der Waals surface area contributed by atoms with E-state index in [0.29, 0.717) is 25.3 Å². The predicted molar refractivity (Wildman–Crippen MR) is 87.3 cm³/mol. The number of carbonyl (C=O) groups is 1. The summed E-state index contributed by atoms with van der Waals surface area (Å²) in [6.07, 6.45) is 3.47. The smallest absolute Gasteiger partial charge is 0.253 e. The highest BCUT2D eigenvalue weighted by Gasteiger charge is 2.23. The number of nitrogens with zero attached hydrogens (tertiary/aromatic N) is 4. The van der Waals surface area contributed by atoms with E-state index in [1.54, 1.807) is 25.6 Å². The van der Waals surface area contributed by atoms with Gasteiger partial charge in [-0.1, -0.05) is 12.1 Å². The summed E-state index contributed by atoms with van der Waals surface area (Å²) >= 11 is 0. The van der Waals surface area contributed by atoms with E-state index in [1.807, 2.05) is 29.2 Å². The van der Waals surface area contributed by atoms with Crippen molar-refractivity contribution in [3.8, 4) is 0 Å². The zero-order valence-corrected chi connectivity index (χ0v) is 13.2. The van der Waals surface area contributed by atoms with Crippen LogP contribution in [0.15, 0.2) is 42.7 Å². The second kappa shape index (κ2) is 7.19. The lowest BCUT2D eigenvalue weighted by Crippen LogP contribution is -2.49. The minimum atomic E-state index is 0.0663. The molecule has 0 spiro atoms. The fraction of sp³-hybridized carbons (Fsp3) is 0.353. The van der Waals surface area contributed by atoms with Gasteiger partial charge in [0.15, 0.2) is 0 Å². The van der Waals surface area contributed by atoms with E-state index in [4.69, 9.17) is 4.74 Å². The third-order valence-corrected chi connectivity index (χ3v) is 3.89. The van der Waals surface area contributed by atoms with Crippen LogP contribution in [-0.4, -0.2) is 54.1 Å². The molecule has 0 saturated carbocycles. The van der Waals surface area contributed by atoms with E-state index in [-0.39, 0.29) is 5.91 Å². The second-order valence-corrected chi connectivity index (χ2v) is 5.46. The molecule has 2 heterocycles. The summed E-state index contributed by atoms with van der Waals surface area (Å²) in [5.74, 6) is 0.790. The Bertz CT molecular complexity index is 655. The molecule has 0 bridgehead atoms. The molecule has 0 aliphatic carbocycles. The minimum absolute atomic E-state index is 0.0663. The molecule has 0 N–H and O–H groups in total. The SMILES string of the molecule is COCc1cccc(C(=O)N2CCN(c3ncccn3)CC2)c1. The zero-order chi connectivity index (χ0) is 16.1. The minimum Gasteiger partial charge on any atom is -0.380 e. The Morgan fingerprint density at radius 2 is 1.87 bits per heavy atom. The lowest BCUT2D eigenvalue weighted by Gasteiger charge is -2.34. The van der Waals surface area contributed by atoms with Crippen molar-refractivity contribution in [2.24, 2.45) is 0 Å². The van der Waals surface area contributed by atoms with Gasteiger partial charge in [-0.15, -0.1) is 0 Å². The molecular formula is C17H20N4O2. The van der Waals surface area contributed by atoms with E-state index in [0.717, 1.165) is 24.6 Å². The van der Waals surface area contributed by atoms with Crippen molar-refractivity contribution in [3.05, 3.63) is 53.9 Å². The van der Waals surface area contributed by atoms with Crippen LogP contribution in [0.5, 0.6) is 0 Å². The molecule has 1 aliphatic rings. The summed E-state index contributed by atoms with van der Waals surface area (Å²) in [5.41, 5.74) is 1.72. The van der Waals surface area contributed by atoms with Crippen LogP contribution in [0.25, 0.3) is 0 Å². The normalized spacial score (nSPS) is 14.8. The van der Waals surface area contributed by atoms with Crippen molar-refractivity contribution >= 4 is 11.9 Å². The van der Waals surface area contributed by atoms with E-state index >= 15 is 0 Å². The van der Waals surface area contributed by atoms with Crippen LogP contribution in [0, 0.1) is 0 Å². The van der Waals surface area contributed by atoms with Gasteiger partial charge < -0.3 is 14.5 Å². The molecule has 2 aromatic rings. The highest BCUT2D eigenvalue weighted by molar-refractivity contribution is 5.94. The first kappa shape index (κ1) is 15.4. The topological polar surface area (TPSA) is 58.6 Å². The van der Waals surface area contributed by atoms with Gasteiger partial charge in [0.25, 0.3) is 5.91 Å². The molecule has 0 atom stereocenters. The molecule has 0 radical (unpaired) electrons. The standard InChI is InChI=1S/C17H20N4O2/c1-23-13-14-4-2-5-15(12-14)16(22)20-8-10-21(11-9-20)17-18-6-3-7-19-17/h2-7,12H,8-11,13H2,1H3. The Balaban J connectivity index is 1.63. The number of anilines is 1. The summed E-state index contributed by atoms with van der Waals surface area (Å²) < 4.78 is 5.13. The Labute approximate surface area is 135 Å². The molecule has 1 aliphatic heterocycles. The lowest BCUT2D eigenvalue weighted by atomic mass is 10.1. The molecule has 23 heavy (non-hydrogen) atoms. The highest BCUT2D eigenvalue weighted by Crippen LogP contribution is 2.14. The van der Waals surface area contributed by atoms with Crippen LogP contribution < -0.4 is 4.90 Å². The number of methoxy groups -OCH3 is 1. The van der Waals surface area contributed by atoms with E-state index in [9.17, 15) is 4.79 Å². The Hall–Kier alpha value is -2.47. The first-order valence-electron chi connectivity index (χ1n) is 7.67. The van der Waals surface area contributed by atoms with Crippen molar-refractivity contribution in [1.82, 2.24) is 14.9 Å². The van der Waals surface area contributed by atoms with E-state index in [2.05, 4.69) is 14.9 Å². The van der Waals surface area contributed by atoms with Gasteiger partial charge in [0.2, 0.25) is 5.95 Å². The fourth-order valence-corrected chi connectivity index (χ4v) is 2.71. The third-order valence-electron chi connectivity index (χ3n) is 3.89. The number of hydrogen-bond acceptors (Lipinski definition) is 5. The van der Waals surface area contributed by atoms with Crippen LogP contribution in [0.1, 0.15) is 15.9 Å². The van der Waals surface area contributed by atoms with Gasteiger partial charge in [-0.25, -0.2) is 9.97 Å². The average molecular weight is 312 g/mol. The first-order valence-corrected chi connectivity index (χ1v) is 7.67. The second-order valence-electron chi connectivity index (χ2n) is 5.46. The summed E-state index contributed by atoms with van der Waals surface area (Å²) in [6.45, 7) is 3.35. The van der Waals surface area contributed by atoms with Crippen LogP contribution in [0.3, 0.4) is 0 Å². The molecule has 6 heteroatoms. The summed E-state index contributed by atoms with van der Waals surface area (Å²) in [4.78, 5) is 25.1. The molecule has 6 nitrogen and oxygen atoms in total. The molecule has 1 saturated heterocycles. The van der Waals surface area contributed by atoms with Gasteiger partial charge in [-0.2, -0.15) is 0 Å². The number of hydrogen-bond donors (Lipinski definition) is 0. The van der Waals surface area contributed by atoms with Gasteiger partial charge in [0.1, 0.15) is 0 Å². The van der Waals surface area contributed by atoms with Crippen molar-refractivity contribution < 1.29 is 9.53 Å². The predicted octanol–water partition coefficient (Wildman–Crippen LogP) is 1.59. The van der Waals surface area contributed by atoms with Crippen LogP contribution >= 0.6 is 0 Å². The number of carbonyl (C=O) groups excluding carboxylic acids is 1. The number of ether oxygens (including phenoxy) is 1. The van der Waals surface area contributed by atoms with Gasteiger partial charge in [-0.05, 0) is 23.8 Å². The Morgan fingerprint density at radius 3 is 2.57 bits per heavy atom. The molecule has 1 amide bonds. The number of amides is 1. The first-order chi connectivity index (χ1) is 11.3.